The van der Waals surface area contributed by atoms with Gasteiger partial charge in [0.1, 0.15) is 6.61 Å². The summed E-state index contributed by atoms with van der Waals surface area (Å²) in [6, 6.07) is 16.2. The van der Waals surface area contributed by atoms with Crippen molar-refractivity contribution in [2.75, 3.05) is 7.11 Å². The van der Waals surface area contributed by atoms with Gasteiger partial charge < -0.3 is 9.47 Å². The molecule has 2 atom stereocenters. The fourth-order valence-corrected chi connectivity index (χ4v) is 3.75. The Hall–Kier alpha value is -2.88. The van der Waals surface area contributed by atoms with E-state index in [1.165, 1.54) is 13.2 Å². The van der Waals surface area contributed by atoms with Gasteiger partial charge >= 0.3 is 11.9 Å². The first kappa shape index (κ1) is 19.9. The maximum Gasteiger partial charge on any atom is 0.330 e. The predicted molar refractivity (Wildman–Crippen MR) is 108 cm³/mol. The molecule has 1 aliphatic carbocycles. The van der Waals surface area contributed by atoms with Gasteiger partial charge in [-0.15, -0.1) is 0 Å². The fraction of sp³-hybridized carbons (Fsp3) is 0.333. The lowest BCUT2D eigenvalue weighted by molar-refractivity contribution is -0.147. The van der Waals surface area contributed by atoms with Crippen molar-refractivity contribution in [1.29, 1.82) is 0 Å². The second kappa shape index (κ2) is 8.01. The molecule has 1 aliphatic rings. The minimum Gasteiger partial charge on any atom is -0.466 e. The molecule has 0 amide bonds. The first-order valence-electron chi connectivity index (χ1n) is 9.43. The Bertz CT molecular complexity index is 896. The zero-order valence-electron chi connectivity index (χ0n) is 16.8. The van der Waals surface area contributed by atoms with Gasteiger partial charge in [0.2, 0.25) is 0 Å². The largest absolute Gasteiger partial charge is 0.466 e. The number of esters is 2. The lowest BCUT2D eigenvalue weighted by atomic mass is 9.97. The SMILES string of the molecule is COC(=O)C=C[C@H]1[C@@H](C(=O)OCc2cccc(-c3ccccc3)c2C)C1(C)C. The maximum absolute atomic E-state index is 12.6. The van der Waals surface area contributed by atoms with Crippen LogP contribution >= 0.6 is 0 Å². The van der Waals surface area contributed by atoms with Crippen LogP contribution in [0.5, 0.6) is 0 Å². The van der Waals surface area contributed by atoms with Crippen molar-refractivity contribution in [2.45, 2.75) is 27.4 Å². The molecule has 0 saturated heterocycles. The van der Waals surface area contributed by atoms with E-state index in [0.717, 1.165) is 22.3 Å². The number of benzene rings is 2. The van der Waals surface area contributed by atoms with Crippen LogP contribution in [0, 0.1) is 24.2 Å². The Morgan fingerprint density at radius 3 is 2.46 bits per heavy atom. The Morgan fingerprint density at radius 2 is 1.79 bits per heavy atom. The van der Waals surface area contributed by atoms with Crippen molar-refractivity contribution in [1.82, 2.24) is 0 Å². The van der Waals surface area contributed by atoms with Crippen molar-refractivity contribution in [3.63, 3.8) is 0 Å². The molecule has 3 rings (SSSR count). The van der Waals surface area contributed by atoms with Gasteiger partial charge in [0.25, 0.3) is 0 Å². The summed E-state index contributed by atoms with van der Waals surface area (Å²) in [6.07, 6.45) is 3.13. The third kappa shape index (κ3) is 4.01. The second-order valence-electron chi connectivity index (χ2n) is 7.77. The highest BCUT2D eigenvalue weighted by atomic mass is 16.5. The van der Waals surface area contributed by atoms with Gasteiger partial charge in [-0.05, 0) is 40.5 Å². The molecule has 0 aromatic heterocycles. The fourth-order valence-electron chi connectivity index (χ4n) is 3.75. The van der Waals surface area contributed by atoms with E-state index in [-0.39, 0.29) is 29.8 Å². The third-order valence-corrected chi connectivity index (χ3v) is 5.71. The molecule has 0 N–H and O–H groups in total. The van der Waals surface area contributed by atoms with Gasteiger partial charge in [-0.2, -0.15) is 0 Å². The van der Waals surface area contributed by atoms with Crippen molar-refractivity contribution in [2.24, 2.45) is 17.3 Å². The van der Waals surface area contributed by atoms with Crippen LogP contribution in [0.1, 0.15) is 25.0 Å². The van der Waals surface area contributed by atoms with Gasteiger partial charge in [-0.1, -0.05) is 68.5 Å². The Labute approximate surface area is 166 Å². The summed E-state index contributed by atoms with van der Waals surface area (Å²) >= 11 is 0. The van der Waals surface area contributed by atoms with Crippen LogP contribution < -0.4 is 0 Å². The summed E-state index contributed by atoms with van der Waals surface area (Å²) in [5.74, 6) is -0.904. The molecule has 4 heteroatoms. The number of methoxy groups -OCH3 is 1. The standard InChI is InChI=1S/C24H26O4/c1-16-18(11-8-12-19(16)17-9-6-5-7-10-17)15-28-23(26)22-20(24(22,2)3)13-14-21(25)27-4/h5-14,20,22H,15H2,1-4H3/t20-,22-/m0/s1. The molecule has 0 heterocycles. The monoisotopic (exact) mass is 378 g/mol. The molecule has 4 nitrogen and oxygen atoms in total. The van der Waals surface area contributed by atoms with Gasteiger partial charge in [0.15, 0.2) is 0 Å². The highest BCUT2D eigenvalue weighted by Crippen LogP contribution is 2.59. The lowest BCUT2D eigenvalue weighted by Crippen LogP contribution is -2.11. The smallest absolute Gasteiger partial charge is 0.330 e. The molecule has 0 spiro atoms. The molecule has 2 aromatic carbocycles. The van der Waals surface area contributed by atoms with E-state index < -0.39 is 5.97 Å². The van der Waals surface area contributed by atoms with Crippen molar-refractivity contribution in [3.8, 4) is 11.1 Å². The van der Waals surface area contributed by atoms with E-state index in [1.807, 2.05) is 44.2 Å². The minimum absolute atomic E-state index is 0.0177. The average Bonchev–Trinajstić information content (AvgIpc) is 3.26. The van der Waals surface area contributed by atoms with E-state index in [4.69, 9.17) is 4.74 Å². The van der Waals surface area contributed by atoms with Crippen molar-refractivity contribution >= 4 is 11.9 Å². The van der Waals surface area contributed by atoms with E-state index in [9.17, 15) is 9.59 Å². The number of rotatable bonds is 6. The number of hydrogen-bond donors (Lipinski definition) is 0. The predicted octanol–water partition coefficient (Wildman–Crippen LogP) is 4.71. The summed E-state index contributed by atoms with van der Waals surface area (Å²) in [5.41, 5.74) is 4.17. The Kier molecular flexibility index (Phi) is 5.68. The van der Waals surface area contributed by atoms with Crippen LogP contribution in [0.3, 0.4) is 0 Å². The number of hydrogen-bond acceptors (Lipinski definition) is 4. The summed E-state index contributed by atoms with van der Waals surface area (Å²) in [7, 11) is 1.34. The van der Waals surface area contributed by atoms with Gasteiger partial charge in [0.05, 0.1) is 13.0 Å². The Morgan fingerprint density at radius 1 is 1.07 bits per heavy atom. The molecule has 0 bridgehead atoms. The number of carbonyl (C=O) groups is 2. The van der Waals surface area contributed by atoms with Crippen LogP contribution in [-0.4, -0.2) is 19.0 Å². The summed E-state index contributed by atoms with van der Waals surface area (Å²) in [4.78, 5) is 23.9. The molecule has 146 valence electrons. The van der Waals surface area contributed by atoms with Crippen LogP contribution in [0.2, 0.25) is 0 Å². The molecule has 0 radical (unpaired) electrons. The lowest BCUT2D eigenvalue weighted by Gasteiger charge is -2.12. The quantitative estimate of drug-likeness (QED) is 0.540. The topological polar surface area (TPSA) is 52.6 Å². The molecule has 2 aromatic rings. The minimum atomic E-state index is -0.414. The zero-order valence-corrected chi connectivity index (χ0v) is 16.8. The summed E-state index contributed by atoms with van der Waals surface area (Å²) in [6.45, 7) is 6.30. The van der Waals surface area contributed by atoms with E-state index >= 15 is 0 Å². The molecule has 1 fully saturated rings. The Balaban J connectivity index is 1.67. The molecule has 0 unspecified atom stereocenters. The average molecular weight is 378 g/mol. The highest BCUT2D eigenvalue weighted by Gasteiger charge is 2.61. The number of carbonyl (C=O) groups excluding carboxylic acids is 2. The summed E-state index contributed by atoms with van der Waals surface area (Å²) in [5, 5.41) is 0. The molecule has 0 aliphatic heterocycles. The zero-order chi connectivity index (χ0) is 20.3. The second-order valence-corrected chi connectivity index (χ2v) is 7.77. The van der Waals surface area contributed by atoms with Gasteiger partial charge in [-0.25, -0.2) is 4.79 Å². The molecular formula is C24H26O4. The third-order valence-electron chi connectivity index (χ3n) is 5.71. The number of allylic oxidation sites excluding steroid dienone is 1. The first-order valence-corrected chi connectivity index (χ1v) is 9.43. The molecule has 28 heavy (non-hydrogen) atoms. The summed E-state index contributed by atoms with van der Waals surface area (Å²) < 4.78 is 10.3. The highest BCUT2D eigenvalue weighted by molar-refractivity contribution is 5.83. The van der Waals surface area contributed by atoms with Crippen LogP contribution in [0.25, 0.3) is 11.1 Å². The van der Waals surface area contributed by atoms with Crippen LogP contribution in [0.4, 0.5) is 0 Å². The molecular weight excluding hydrogens is 352 g/mol. The van der Waals surface area contributed by atoms with Crippen LogP contribution in [-0.2, 0) is 25.7 Å². The van der Waals surface area contributed by atoms with Crippen molar-refractivity contribution < 1.29 is 19.1 Å². The van der Waals surface area contributed by atoms with Crippen LogP contribution in [0.15, 0.2) is 60.7 Å². The van der Waals surface area contributed by atoms with E-state index in [0.29, 0.717) is 0 Å². The number of ether oxygens (including phenoxy) is 2. The van der Waals surface area contributed by atoms with Crippen molar-refractivity contribution in [3.05, 3.63) is 71.8 Å². The first-order chi connectivity index (χ1) is 13.4. The van der Waals surface area contributed by atoms with E-state index in [2.05, 4.69) is 29.9 Å². The maximum atomic E-state index is 12.6. The molecule has 1 saturated carbocycles. The van der Waals surface area contributed by atoms with Gasteiger partial charge in [0, 0.05) is 6.08 Å². The van der Waals surface area contributed by atoms with Gasteiger partial charge in [-0.3, -0.25) is 4.79 Å². The van der Waals surface area contributed by atoms with E-state index in [1.54, 1.807) is 6.08 Å². The normalized spacial score (nSPS) is 20.0.